The van der Waals surface area contributed by atoms with Crippen LogP contribution >= 0.6 is 23.2 Å². The highest BCUT2D eigenvalue weighted by molar-refractivity contribution is 6.35. The van der Waals surface area contributed by atoms with Crippen LogP contribution in [0.2, 0.25) is 10.0 Å². The molecule has 2 aromatic rings. The van der Waals surface area contributed by atoms with Crippen LogP contribution in [0.4, 0.5) is 10.1 Å². The summed E-state index contributed by atoms with van der Waals surface area (Å²) in [6, 6.07) is 10.9. The van der Waals surface area contributed by atoms with E-state index in [1.165, 1.54) is 12.1 Å². The summed E-state index contributed by atoms with van der Waals surface area (Å²) >= 11 is 11.7. The SMILES string of the molecule is O=C(CNc1cc(Cl)cc(Cl)c1)NCc1ccc(F)cc1. The van der Waals surface area contributed by atoms with E-state index in [0.29, 0.717) is 22.3 Å². The monoisotopic (exact) mass is 326 g/mol. The second-order valence-corrected chi connectivity index (χ2v) is 5.29. The van der Waals surface area contributed by atoms with Gasteiger partial charge >= 0.3 is 0 Å². The van der Waals surface area contributed by atoms with Crippen molar-refractivity contribution in [1.29, 1.82) is 0 Å². The van der Waals surface area contributed by atoms with Gasteiger partial charge in [0, 0.05) is 22.3 Å². The van der Waals surface area contributed by atoms with Gasteiger partial charge in [-0.3, -0.25) is 4.79 Å². The first-order valence-electron chi connectivity index (χ1n) is 6.24. The van der Waals surface area contributed by atoms with E-state index in [4.69, 9.17) is 23.2 Å². The van der Waals surface area contributed by atoms with E-state index < -0.39 is 0 Å². The fourth-order valence-electron chi connectivity index (χ4n) is 1.70. The molecule has 0 bridgehead atoms. The lowest BCUT2D eigenvalue weighted by atomic mass is 10.2. The van der Waals surface area contributed by atoms with Crippen LogP contribution < -0.4 is 10.6 Å². The molecule has 0 aliphatic carbocycles. The lowest BCUT2D eigenvalue weighted by Crippen LogP contribution is -2.29. The van der Waals surface area contributed by atoms with Crippen molar-refractivity contribution in [2.75, 3.05) is 11.9 Å². The third-order valence-corrected chi connectivity index (χ3v) is 3.15. The molecule has 2 N–H and O–H groups in total. The molecule has 0 aliphatic rings. The van der Waals surface area contributed by atoms with Crippen LogP contribution in [0.15, 0.2) is 42.5 Å². The smallest absolute Gasteiger partial charge is 0.239 e. The Bertz CT molecular complexity index is 612. The molecule has 0 atom stereocenters. The van der Waals surface area contributed by atoms with Gasteiger partial charge in [0.25, 0.3) is 0 Å². The zero-order chi connectivity index (χ0) is 15.2. The third-order valence-electron chi connectivity index (χ3n) is 2.72. The molecule has 0 heterocycles. The minimum Gasteiger partial charge on any atom is -0.376 e. The molecule has 3 nitrogen and oxygen atoms in total. The Labute approximate surface area is 132 Å². The van der Waals surface area contributed by atoms with Crippen LogP contribution in [-0.4, -0.2) is 12.5 Å². The van der Waals surface area contributed by atoms with E-state index in [1.54, 1.807) is 30.3 Å². The summed E-state index contributed by atoms with van der Waals surface area (Å²) in [4.78, 5) is 11.7. The normalized spacial score (nSPS) is 10.2. The van der Waals surface area contributed by atoms with Crippen LogP contribution in [0.3, 0.4) is 0 Å². The predicted octanol–water partition coefficient (Wildman–Crippen LogP) is 3.86. The van der Waals surface area contributed by atoms with Crippen molar-refractivity contribution in [3.63, 3.8) is 0 Å². The highest BCUT2D eigenvalue weighted by Crippen LogP contribution is 2.22. The molecule has 21 heavy (non-hydrogen) atoms. The van der Waals surface area contributed by atoms with Crippen LogP contribution in [0.5, 0.6) is 0 Å². The van der Waals surface area contributed by atoms with Gasteiger partial charge in [0.2, 0.25) is 5.91 Å². The Kier molecular flexibility index (Phi) is 5.42. The molecule has 0 aromatic heterocycles. The van der Waals surface area contributed by atoms with Crippen molar-refractivity contribution in [2.24, 2.45) is 0 Å². The van der Waals surface area contributed by atoms with Crippen LogP contribution in [-0.2, 0) is 11.3 Å². The van der Waals surface area contributed by atoms with Gasteiger partial charge in [0.05, 0.1) is 6.54 Å². The second kappa shape index (κ2) is 7.29. The predicted molar refractivity (Wildman–Crippen MR) is 83.2 cm³/mol. The zero-order valence-electron chi connectivity index (χ0n) is 11.0. The molecule has 6 heteroatoms. The maximum atomic E-state index is 12.7. The van der Waals surface area contributed by atoms with Gasteiger partial charge in [-0.25, -0.2) is 4.39 Å². The number of nitrogens with one attached hydrogen (secondary N) is 2. The number of halogens is 3. The highest BCUT2D eigenvalue weighted by atomic mass is 35.5. The highest BCUT2D eigenvalue weighted by Gasteiger charge is 2.03. The Hall–Kier alpha value is -1.78. The largest absolute Gasteiger partial charge is 0.376 e. The molecule has 0 fully saturated rings. The molecule has 0 unspecified atom stereocenters. The molecule has 0 radical (unpaired) electrons. The molecule has 1 amide bonds. The van der Waals surface area contributed by atoms with Crippen LogP contribution in [0, 0.1) is 5.82 Å². The van der Waals surface area contributed by atoms with Gasteiger partial charge in [-0.05, 0) is 35.9 Å². The molecule has 0 spiro atoms. The van der Waals surface area contributed by atoms with Crippen LogP contribution in [0.25, 0.3) is 0 Å². The van der Waals surface area contributed by atoms with Gasteiger partial charge in [-0.1, -0.05) is 35.3 Å². The Morgan fingerprint density at radius 2 is 1.67 bits per heavy atom. The fraction of sp³-hybridized carbons (Fsp3) is 0.133. The topological polar surface area (TPSA) is 41.1 Å². The van der Waals surface area contributed by atoms with Gasteiger partial charge < -0.3 is 10.6 Å². The average molecular weight is 327 g/mol. The Morgan fingerprint density at radius 3 is 2.29 bits per heavy atom. The summed E-state index contributed by atoms with van der Waals surface area (Å²) in [7, 11) is 0. The van der Waals surface area contributed by atoms with Crippen LogP contribution in [0.1, 0.15) is 5.56 Å². The molecule has 0 aliphatic heterocycles. The number of hydrogen-bond acceptors (Lipinski definition) is 2. The molecule has 0 saturated heterocycles. The number of carbonyl (C=O) groups is 1. The number of hydrogen-bond donors (Lipinski definition) is 2. The number of carbonyl (C=O) groups excluding carboxylic acids is 1. The van der Waals surface area contributed by atoms with E-state index in [9.17, 15) is 9.18 Å². The average Bonchev–Trinajstić information content (AvgIpc) is 2.43. The standard InChI is InChI=1S/C15H13Cl2FN2O/c16-11-5-12(17)7-14(6-11)19-9-15(21)20-8-10-1-3-13(18)4-2-10/h1-7,19H,8-9H2,(H,20,21). The van der Waals surface area contributed by atoms with E-state index in [1.807, 2.05) is 0 Å². The van der Waals surface area contributed by atoms with Gasteiger partial charge in [-0.15, -0.1) is 0 Å². The molecule has 110 valence electrons. The third kappa shape index (κ3) is 5.25. The van der Waals surface area contributed by atoms with Crippen molar-refractivity contribution >= 4 is 34.8 Å². The van der Waals surface area contributed by atoms with E-state index in [2.05, 4.69) is 10.6 Å². The number of rotatable bonds is 5. The molecule has 2 aromatic carbocycles. The van der Waals surface area contributed by atoms with E-state index in [0.717, 1.165) is 5.56 Å². The first-order chi connectivity index (χ1) is 10.0. The quantitative estimate of drug-likeness (QED) is 0.875. The fourth-order valence-corrected chi connectivity index (χ4v) is 2.23. The maximum Gasteiger partial charge on any atom is 0.239 e. The van der Waals surface area contributed by atoms with Crippen molar-refractivity contribution in [1.82, 2.24) is 5.32 Å². The maximum absolute atomic E-state index is 12.7. The lowest BCUT2D eigenvalue weighted by molar-refractivity contribution is -0.119. The zero-order valence-corrected chi connectivity index (χ0v) is 12.5. The molecular formula is C15H13Cl2FN2O. The Balaban J connectivity index is 1.80. The summed E-state index contributed by atoms with van der Waals surface area (Å²) in [5.41, 5.74) is 1.50. The Morgan fingerprint density at radius 1 is 1.05 bits per heavy atom. The minimum absolute atomic E-state index is 0.0951. The van der Waals surface area contributed by atoms with Gasteiger partial charge in [0.15, 0.2) is 0 Å². The number of amides is 1. The second-order valence-electron chi connectivity index (χ2n) is 4.41. The summed E-state index contributed by atoms with van der Waals surface area (Å²) < 4.78 is 12.7. The lowest BCUT2D eigenvalue weighted by Gasteiger charge is -2.08. The van der Waals surface area contributed by atoms with Gasteiger partial charge in [-0.2, -0.15) is 0 Å². The first-order valence-corrected chi connectivity index (χ1v) is 6.99. The summed E-state index contributed by atoms with van der Waals surface area (Å²) in [5, 5.41) is 6.65. The van der Waals surface area contributed by atoms with Gasteiger partial charge in [0.1, 0.15) is 5.82 Å². The van der Waals surface area contributed by atoms with E-state index in [-0.39, 0.29) is 18.3 Å². The van der Waals surface area contributed by atoms with E-state index >= 15 is 0 Å². The molecule has 0 saturated carbocycles. The van der Waals surface area contributed by atoms with Crippen molar-refractivity contribution in [3.05, 3.63) is 63.9 Å². The summed E-state index contributed by atoms with van der Waals surface area (Å²) in [6.07, 6.45) is 0. The molecule has 2 rings (SSSR count). The summed E-state index contributed by atoms with van der Waals surface area (Å²) in [5.74, 6) is -0.486. The number of benzene rings is 2. The van der Waals surface area contributed by atoms with Crippen molar-refractivity contribution in [3.8, 4) is 0 Å². The van der Waals surface area contributed by atoms with Crippen molar-refractivity contribution < 1.29 is 9.18 Å². The number of anilines is 1. The first kappa shape index (κ1) is 15.6. The summed E-state index contributed by atoms with van der Waals surface area (Å²) in [6.45, 7) is 0.439. The minimum atomic E-state index is -0.301. The van der Waals surface area contributed by atoms with Crippen molar-refractivity contribution in [2.45, 2.75) is 6.54 Å². The molecular weight excluding hydrogens is 314 g/mol.